The summed E-state index contributed by atoms with van der Waals surface area (Å²) in [6.45, 7) is 5.66. The Morgan fingerprint density at radius 1 is 1.02 bits per heavy atom. The Morgan fingerprint density at radius 2 is 1.75 bits per heavy atom. The number of hydrogen-bond acceptors (Lipinski definition) is 8. The third-order valence-corrected chi connectivity index (χ3v) is 10.4. The van der Waals surface area contributed by atoms with E-state index >= 15 is 0 Å². The Kier molecular flexibility index (Phi) is 8.74. The highest BCUT2D eigenvalue weighted by Crippen LogP contribution is 2.34. The summed E-state index contributed by atoms with van der Waals surface area (Å²) in [6.07, 6.45) is 7.77. The molecule has 0 atom stereocenters. The van der Waals surface area contributed by atoms with Crippen LogP contribution in [0.2, 0.25) is 0 Å². The molecule has 1 aliphatic rings. The summed E-state index contributed by atoms with van der Waals surface area (Å²) in [7, 11) is -6.25. The highest BCUT2D eigenvalue weighted by molar-refractivity contribution is 7.92. The number of halogens is 1. The fourth-order valence-electron chi connectivity index (χ4n) is 5.02. The number of aryl methyl sites for hydroxylation is 1. The van der Waals surface area contributed by atoms with E-state index in [1.807, 2.05) is 20.8 Å². The van der Waals surface area contributed by atoms with Gasteiger partial charge in [-0.25, -0.2) is 39.5 Å². The summed E-state index contributed by atoms with van der Waals surface area (Å²) in [4.78, 5) is 13.5. The van der Waals surface area contributed by atoms with Crippen LogP contribution in [0.1, 0.15) is 60.8 Å². The first kappa shape index (κ1) is 31.5. The average molecular weight is 640 g/mol. The lowest BCUT2D eigenvalue weighted by atomic mass is 9.94. The minimum atomic E-state index is -3.98. The Labute approximate surface area is 257 Å². The van der Waals surface area contributed by atoms with E-state index < -0.39 is 20.0 Å². The third kappa shape index (κ3) is 6.30. The summed E-state index contributed by atoms with van der Waals surface area (Å²) in [5, 5.41) is 0.642. The molecule has 3 aromatic heterocycles. The first-order valence-electron chi connectivity index (χ1n) is 14.0. The van der Waals surface area contributed by atoms with Crippen LogP contribution >= 0.6 is 0 Å². The number of hydrogen-bond donors (Lipinski definition) is 0. The standard InChI is InChI=1S/C31H34FN5O5S2/c1-20(2)29-27(30(22-8-10-24(32)11-9-22)35-31(34-29)36(4)43(5,38)39)19-42-18-25-16-23-17-33-15-14-28(23)37(25)44(40,41)26-12-6-21(3)7-13-26/h6-8,10,12-17,20H,9,11,18-19H2,1-5H3. The number of ether oxygens (including phenoxy) is 1. The normalized spacial score (nSPS) is 14.2. The second-order valence-electron chi connectivity index (χ2n) is 11.1. The lowest BCUT2D eigenvalue weighted by molar-refractivity contribution is 0.103. The van der Waals surface area contributed by atoms with Crippen LogP contribution in [-0.2, 0) is 38.0 Å². The molecule has 0 radical (unpaired) electrons. The fraction of sp³-hybridized carbons (Fsp3) is 0.323. The number of benzene rings is 1. The van der Waals surface area contributed by atoms with Crippen molar-refractivity contribution in [2.24, 2.45) is 0 Å². The summed E-state index contributed by atoms with van der Waals surface area (Å²) < 4.78 is 74.8. The van der Waals surface area contributed by atoms with Crippen molar-refractivity contribution in [3.8, 4) is 0 Å². The molecule has 0 bridgehead atoms. The molecule has 0 N–H and O–H groups in total. The monoisotopic (exact) mass is 639 g/mol. The van der Waals surface area contributed by atoms with E-state index in [1.54, 1.807) is 48.7 Å². The van der Waals surface area contributed by atoms with Gasteiger partial charge >= 0.3 is 0 Å². The maximum absolute atomic E-state index is 13.9. The maximum atomic E-state index is 13.9. The van der Waals surface area contributed by atoms with Gasteiger partial charge in [-0.1, -0.05) is 37.6 Å². The van der Waals surface area contributed by atoms with E-state index in [2.05, 4.69) is 15.0 Å². The molecule has 0 spiro atoms. The highest BCUT2D eigenvalue weighted by Gasteiger charge is 2.26. The Bertz CT molecular complexity index is 2000. The fourth-order valence-corrected chi connectivity index (χ4v) is 6.93. The van der Waals surface area contributed by atoms with E-state index in [0.717, 1.165) is 21.7 Å². The van der Waals surface area contributed by atoms with Crippen molar-refractivity contribution in [2.75, 3.05) is 17.6 Å². The highest BCUT2D eigenvalue weighted by atomic mass is 32.2. The maximum Gasteiger partial charge on any atom is 0.268 e. The molecule has 0 amide bonds. The molecule has 13 heteroatoms. The zero-order chi connectivity index (χ0) is 31.8. The molecule has 0 saturated heterocycles. The molecule has 0 aliphatic heterocycles. The minimum absolute atomic E-state index is 0.000390. The van der Waals surface area contributed by atoms with Gasteiger partial charge in [-0.2, -0.15) is 0 Å². The second-order valence-corrected chi connectivity index (χ2v) is 14.9. The van der Waals surface area contributed by atoms with Gasteiger partial charge in [0.1, 0.15) is 5.83 Å². The van der Waals surface area contributed by atoms with Crippen LogP contribution in [0.25, 0.3) is 16.5 Å². The summed E-state index contributed by atoms with van der Waals surface area (Å²) in [5.41, 5.74) is 4.20. The van der Waals surface area contributed by atoms with Gasteiger partial charge in [0, 0.05) is 36.8 Å². The van der Waals surface area contributed by atoms with Crippen molar-refractivity contribution < 1.29 is 26.0 Å². The Morgan fingerprint density at radius 3 is 2.39 bits per heavy atom. The van der Waals surface area contributed by atoms with Crippen molar-refractivity contribution in [1.82, 2.24) is 18.9 Å². The van der Waals surface area contributed by atoms with Crippen molar-refractivity contribution in [1.29, 1.82) is 0 Å². The van der Waals surface area contributed by atoms with Gasteiger partial charge in [0.25, 0.3) is 10.0 Å². The molecule has 0 saturated carbocycles. The van der Waals surface area contributed by atoms with Gasteiger partial charge in [-0.05, 0) is 55.2 Å². The number of allylic oxidation sites excluding steroid dienone is 4. The van der Waals surface area contributed by atoms with Gasteiger partial charge in [0.2, 0.25) is 16.0 Å². The smallest absolute Gasteiger partial charge is 0.268 e. The lowest BCUT2D eigenvalue weighted by Crippen LogP contribution is -2.28. The summed E-state index contributed by atoms with van der Waals surface area (Å²) in [5.74, 6) is -0.393. The molecule has 0 unspecified atom stereocenters. The second kappa shape index (κ2) is 12.2. The molecule has 232 valence electrons. The first-order valence-corrected chi connectivity index (χ1v) is 17.3. The minimum Gasteiger partial charge on any atom is -0.370 e. The predicted octanol–water partition coefficient (Wildman–Crippen LogP) is 5.64. The predicted molar refractivity (Wildman–Crippen MR) is 168 cm³/mol. The number of fused-ring (bicyclic) bond motifs is 1. The van der Waals surface area contributed by atoms with E-state index in [4.69, 9.17) is 4.74 Å². The zero-order valence-electron chi connectivity index (χ0n) is 25.2. The number of rotatable bonds is 10. The molecule has 1 aromatic carbocycles. The van der Waals surface area contributed by atoms with E-state index in [-0.39, 0.29) is 42.2 Å². The zero-order valence-corrected chi connectivity index (χ0v) is 26.8. The first-order chi connectivity index (χ1) is 20.8. The molecule has 4 aromatic rings. The van der Waals surface area contributed by atoms with Crippen molar-refractivity contribution in [3.05, 3.63) is 95.0 Å². The molecule has 44 heavy (non-hydrogen) atoms. The Balaban J connectivity index is 1.56. The topological polar surface area (TPSA) is 124 Å². The van der Waals surface area contributed by atoms with Crippen LogP contribution in [0.4, 0.5) is 10.3 Å². The largest absolute Gasteiger partial charge is 0.370 e. The molecule has 0 fully saturated rings. The van der Waals surface area contributed by atoms with Gasteiger partial charge < -0.3 is 4.74 Å². The molecule has 1 aliphatic carbocycles. The van der Waals surface area contributed by atoms with E-state index in [0.29, 0.717) is 40.0 Å². The third-order valence-electron chi connectivity index (χ3n) is 7.44. The summed E-state index contributed by atoms with van der Waals surface area (Å²) in [6, 6.07) is 10.0. The molecule has 10 nitrogen and oxygen atoms in total. The van der Waals surface area contributed by atoms with Gasteiger partial charge in [-0.3, -0.25) is 4.98 Å². The average Bonchev–Trinajstić information content (AvgIpc) is 3.36. The van der Waals surface area contributed by atoms with Crippen molar-refractivity contribution >= 4 is 42.5 Å². The number of aromatic nitrogens is 4. The van der Waals surface area contributed by atoms with Crippen molar-refractivity contribution in [2.45, 2.75) is 57.6 Å². The number of pyridine rings is 1. The SMILES string of the molecule is Cc1ccc(S(=O)(=O)n2c(COCc3c(C4=CC=C(F)CC4)nc(N(C)S(C)(=O)=O)nc3C(C)C)cc3cnccc32)cc1. The van der Waals surface area contributed by atoms with Gasteiger partial charge in [0.05, 0.1) is 47.0 Å². The van der Waals surface area contributed by atoms with Crippen LogP contribution in [-0.4, -0.2) is 49.1 Å². The van der Waals surface area contributed by atoms with Crippen LogP contribution < -0.4 is 4.31 Å². The van der Waals surface area contributed by atoms with Crippen molar-refractivity contribution in [3.63, 3.8) is 0 Å². The molecular weight excluding hydrogens is 606 g/mol. The molecule has 5 rings (SSSR count). The van der Waals surface area contributed by atoms with Crippen LogP contribution in [0.5, 0.6) is 0 Å². The van der Waals surface area contributed by atoms with Crippen LogP contribution in [0.15, 0.2) is 71.7 Å². The van der Waals surface area contributed by atoms with Crippen LogP contribution in [0.3, 0.4) is 0 Å². The number of nitrogens with zero attached hydrogens (tertiary/aromatic N) is 5. The lowest BCUT2D eigenvalue weighted by Gasteiger charge is -2.23. The van der Waals surface area contributed by atoms with Crippen LogP contribution in [0, 0.1) is 6.92 Å². The van der Waals surface area contributed by atoms with Gasteiger partial charge in [-0.15, -0.1) is 0 Å². The number of sulfonamides is 1. The van der Waals surface area contributed by atoms with E-state index in [9.17, 15) is 21.2 Å². The molecular formula is C31H34FN5O5S2. The van der Waals surface area contributed by atoms with E-state index in [1.165, 1.54) is 23.3 Å². The van der Waals surface area contributed by atoms with Gasteiger partial charge in [0.15, 0.2) is 0 Å². The quantitative estimate of drug-likeness (QED) is 0.218. The molecule has 3 heterocycles. The number of anilines is 1. The summed E-state index contributed by atoms with van der Waals surface area (Å²) >= 11 is 0. The Hall–Kier alpha value is -3.94.